The first kappa shape index (κ1) is 10.2. The van der Waals surface area contributed by atoms with Gasteiger partial charge in [0.2, 0.25) is 5.12 Å². The van der Waals surface area contributed by atoms with Crippen LogP contribution in [0.5, 0.6) is 0 Å². The van der Waals surface area contributed by atoms with Gasteiger partial charge in [0.1, 0.15) is 0 Å². The van der Waals surface area contributed by atoms with Crippen LogP contribution in [0.4, 0.5) is 0 Å². The molecule has 0 spiro atoms. The molecule has 2 aliphatic rings. The number of hydrogen-bond donors (Lipinski definition) is 1. The zero-order valence-electron chi connectivity index (χ0n) is 6.22. The fourth-order valence-corrected chi connectivity index (χ4v) is 5.32. The Balaban J connectivity index is 2.10. The molecule has 0 N–H and O–H groups in total. The lowest BCUT2D eigenvalue weighted by atomic mass is 10.7. The zero-order valence-corrected chi connectivity index (χ0v) is 10.4. The van der Waals surface area contributed by atoms with Crippen molar-refractivity contribution in [3.8, 4) is 0 Å². The van der Waals surface area contributed by atoms with E-state index in [2.05, 4.69) is 23.4 Å². The molecule has 2 aliphatic heterocycles. The van der Waals surface area contributed by atoms with Gasteiger partial charge >= 0.3 is 0 Å². The summed E-state index contributed by atoms with van der Waals surface area (Å²) in [4.78, 5) is 11.6. The molecule has 2 heterocycles. The largest absolute Gasteiger partial charge is 0.281 e. The molecule has 0 aromatic heterocycles. The Labute approximate surface area is 98.7 Å². The van der Waals surface area contributed by atoms with Crippen LogP contribution in [-0.4, -0.2) is 5.12 Å². The molecule has 0 aromatic carbocycles. The summed E-state index contributed by atoms with van der Waals surface area (Å²) in [6, 6.07) is 0. The van der Waals surface area contributed by atoms with Crippen LogP contribution in [0.25, 0.3) is 0 Å². The maximum absolute atomic E-state index is 10.9. The maximum atomic E-state index is 10.9. The molecule has 0 bridgehead atoms. The zero-order chi connectivity index (χ0) is 9.26. The van der Waals surface area contributed by atoms with Gasteiger partial charge < -0.3 is 0 Å². The molecular weight excluding hydrogens is 260 g/mol. The average molecular weight is 264 g/mol. The van der Waals surface area contributed by atoms with Crippen molar-refractivity contribution in [2.24, 2.45) is 0 Å². The second-order valence-corrected chi connectivity index (χ2v) is 6.78. The second kappa shape index (κ2) is 4.44. The molecule has 68 valence electrons. The standard InChI is InChI=1S/C7H4OS5/c8-5(9)4-3-12-7(13-4)6-10-1-2-11-6/h1-3H,(H,8,9). The van der Waals surface area contributed by atoms with Crippen molar-refractivity contribution in [2.75, 3.05) is 0 Å². The Hall–Kier alpha value is 0.640. The summed E-state index contributed by atoms with van der Waals surface area (Å²) in [6.45, 7) is 0. The molecule has 6 heteroatoms. The minimum Gasteiger partial charge on any atom is -0.281 e. The van der Waals surface area contributed by atoms with Crippen molar-refractivity contribution in [3.63, 3.8) is 0 Å². The Bertz CT molecular complexity index is 331. The summed E-state index contributed by atoms with van der Waals surface area (Å²) in [5, 5.41) is 5.82. The monoisotopic (exact) mass is 264 g/mol. The van der Waals surface area contributed by atoms with E-state index in [-0.39, 0.29) is 5.12 Å². The molecule has 13 heavy (non-hydrogen) atoms. The van der Waals surface area contributed by atoms with Crippen LogP contribution in [0.2, 0.25) is 0 Å². The van der Waals surface area contributed by atoms with E-state index in [1.165, 1.54) is 20.2 Å². The van der Waals surface area contributed by atoms with E-state index in [1.54, 1.807) is 35.3 Å². The lowest BCUT2D eigenvalue weighted by Gasteiger charge is -1.99. The van der Waals surface area contributed by atoms with Crippen LogP contribution in [-0.2, 0) is 4.79 Å². The van der Waals surface area contributed by atoms with Crippen LogP contribution in [0.15, 0.2) is 29.6 Å². The molecule has 0 aliphatic carbocycles. The summed E-state index contributed by atoms with van der Waals surface area (Å²) in [6.07, 6.45) is 0. The Morgan fingerprint density at radius 2 is 1.85 bits per heavy atom. The predicted octanol–water partition coefficient (Wildman–Crippen LogP) is 3.84. The van der Waals surface area contributed by atoms with Gasteiger partial charge in [0.05, 0.1) is 13.4 Å². The fraction of sp³-hybridized carbons (Fsp3) is 0. The molecule has 0 saturated heterocycles. The van der Waals surface area contributed by atoms with Gasteiger partial charge in [0, 0.05) is 0 Å². The second-order valence-electron chi connectivity index (χ2n) is 2.09. The number of hydrogen-bond acceptors (Lipinski definition) is 5. The third kappa shape index (κ3) is 2.36. The average Bonchev–Trinajstić information content (AvgIpc) is 2.75. The summed E-state index contributed by atoms with van der Waals surface area (Å²) >= 11 is 10.3. The van der Waals surface area contributed by atoms with Gasteiger partial charge in [0.15, 0.2) is 0 Å². The van der Waals surface area contributed by atoms with Gasteiger partial charge in [-0.25, -0.2) is 0 Å². The normalized spacial score (nSPS) is 21.2. The number of thioether (sulfide) groups is 4. The highest BCUT2D eigenvalue weighted by atomic mass is 32.2. The van der Waals surface area contributed by atoms with Crippen molar-refractivity contribution in [1.29, 1.82) is 0 Å². The van der Waals surface area contributed by atoms with E-state index in [0.29, 0.717) is 0 Å². The van der Waals surface area contributed by atoms with Crippen LogP contribution in [0.1, 0.15) is 0 Å². The number of thiol groups is 1. The highest BCUT2D eigenvalue weighted by Gasteiger charge is 2.20. The van der Waals surface area contributed by atoms with E-state index in [1.807, 2.05) is 5.41 Å². The summed E-state index contributed by atoms with van der Waals surface area (Å²) in [5.74, 6) is 0. The van der Waals surface area contributed by atoms with Crippen molar-refractivity contribution in [2.45, 2.75) is 0 Å². The molecule has 0 aromatic rings. The van der Waals surface area contributed by atoms with Crippen molar-refractivity contribution >= 4 is 64.8 Å². The van der Waals surface area contributed by atoms with Gasteiger partial charge in [-0.15, -0.1) is 0 Å². The molecule has 2 rings (SSSR count). The Morgan fingerprint density at radius 1 is 1.15 bits per heavy atom. The first-order valence-electron chi connectivity index (χ1n) is 3.28. The van der Waals surface area contributed by atoms with Gasteiger partial charge in [-0.3, -0.25) is 4.79 Å². The van der Waals surface area contributed by atoms with Gasteiger partial charge in [0.25, 0.3) is 0 Å². The van der Waals surface area contributed by atoms with Gasteiger partial charge in [-0.1, -0.05) is 59.7 Å². The van der Waals surface area contributed by atoms with Crippen molar-refractivity contribution < 1.29 is 4.79 Å². The number of carbonyl (C=O) groups excluding carboxylic acids is 1. The maximum Gasteiger partial charge on any atom is 0.223 e. The summed E-state index contributed by atoms with van der Waals surface area (Å²) < 4.78 is 2.45. The molecule has 0 fully saturated rings. The highest BCUT2D eigenvalue weighted by molar-refractivity contribution is 8.34. The molecular formula is C7H4OS5. The van der Waals surface area contributed by atoms with Gasteiger partial charge in [-0.2, -0.15) is 0 Å². The lowest BCUT2D eigenvalue weighted by Crippen LogP contribution is -1.83. The quantitative estimate of drug-likeness (QED) is 0.722. The minimum absolute atomic E-state index is 0.144. The first-order valence-corrected chi connectivity index (χ1v) is 7.18. The number of rotatable bonds is 1. The molecule has 0 saturated carbocycles. The van der Waals surface area contributed by atoms with E-state index in [0.717, 1.165) is 4.91 Å². The molecule has 0 atom stereocenters. The third-order valence-corrected chi connectivity index (χ3v) is 6.67. The van der Waals surface area contributed by atoms with E-state index < -0.39 is 0 Å². The molecule has 1 nitrogen and oxygen atoms in total. The topological polar surface area (TPSA) is 17.1 Å². The SMILES string of the molecule is O=C(S)C1=CSC(=C2SC=CS2)S1. The van der Waals surface area contributed by atoms with Crippen LogP contribution in [0, 0.1) is 0 Å². The third-order valence-electron chi connectivity index (χ3n) is 1.26. The van der Waals surface area contributed by atoms with Gasteiger partial charge in [-0.05, 0) is 16.2 Å². The molecule has 0 unspecified atom stereocenters. The Kier molecular flexibility index (Phi) is 3.47. The molecule has 0 radical (unpaired) electrons. The predicted molar refractivity (Wildman–Crippen MR) is 68.6 cm³/mol. The van der Waals surface area contributed by atoms with Crippen LogP contribution in [0.3, 0.4) is 0 Å². The van der Waals surface area contributed by atoms with E-state index in [9.17, 15) is 4.79 Å². The van der Waals surface area contributed by atoms with E-state index in [4.69, 9.17) is 0 Å². The van der Waals surface area contributed by atoms with Crippen LogP contribution >= 0.6 is 59.7 Å². The van der Waals surface area contributed by atoms with E-state index >= 15 is 0 Å². The smallest absolute Gasteiger partial charge is 0.223 e. The summed E-state index contributed by atoms with van der Waals surface area (Å²) in [7, 11) is 0. The molecule has 0 amide bonds. The summed E-state index contributed by atoms with van der Waals surface area (Å²) in [5.41, 5.74) is 0. The highest BCUT2D eigenvalue weighted by Crippen LogP contribution is 2.53. The van der Waals surface area contributed by atoms with Crippen molar-refractivity contribution in [3.05, 3.63) is 29.6 Å². The lowest BCUT2D eigenvalue weighted by molar-refractivity contribution is -0.107. The minimum atomic E-state index is -0.144. The van der Waals surface area contributed by atoms with Crippen LogP contribution < -0.4 is 0 Å². The number of carbonyl (C=O) groups is 1. The Morgan fingerprint density at radius 3 is 2.38 bits per heavy atom. The fourth-order valence-electron chi connectivity index (χ4n) is 0.742. The van der Waals surface area contributed by atoms with Crippen molar-refractivity contribution in [1.82, 2.24) is 0 Å². The first-order chi connectivity index (χ1) is 6.27.